The lowest BCUT2D eigenvalue weighted by Gasteiger charge is -2.04. The summed E-state index contributed by atoms with van der Waals surface area (Å²) in [6, 6.07) is 9.35. The van der Waals surface area contributed by atoms with Crippen molar-refractivity contribution in [3.05, 3.63) is 84.1 Å². The summed E-state index contributed by atoms with van der Waals surface area (Å²) in [5, 5.41) is 16.1. The van der Waals surface area contributed by atoms with Crippen molar-refractivity contribution >= 4 is 6.08 Å². The number of allylic oxidation sites excluding steroid dienone is 8. The molecule has 0 saturated carbocycles. The van der Waals surface area contributed by atoms with E-state index in [4.69, 9.17) is 15.1 Å². The Balaban J connectivity index is 2.19. The smallest absolute Gasteiger partial charge is 0.175 e. The van der Waals surface area contributed by atoms with E-state index in [1.165, 1.54) is 6.20 Å². The number of hydrogen-bond donors (Lipinski definition) is 1. The minimum absolute atomic E-state index is 0.347. The van der Waals surface area contributed by atoms with Gasteiger partial charge >= 0.3 is 0 Å². The third-order valence-electron chi connectivity index (χ3n) is 2.62. The van der Waals surface area contributed by atoms with E-state index >= 15 is 0 Å². The minimum atomic E-state index is 0.347. The summed E-state index contributed by atoms with van der Waals surface area (Å²) in [5.41, 5.74) is 3.36. The van der Waals surface area contributed by atoms with Crippen molar-refractivity contribution in [2.45, 2.75) is 0 Å². The zero-order valence-electron chi connectivity index (χ0n) is 12.2. The van der Waals surface area contributed by atoms with Gasteiger partial charge in [-0.2, -0.15) is 5.26 Å². The number of nitriles is 1. The van der Waals surface area contributed by atoms with E-state index in [1.54, 1.807) is 18.2 Å². The highest BCUT2D eigenvalue weighted by Crippen LogP contribution is 2.19. The average molecular weight is 306 g/mol. The molecule has 0 aliphatic carbocycles. The topological polar surface area (TPSA) is 79.0 Å². The van der Waals surface area contributed by atoms with Gasteiger partial charge in [0.2, 0.25) is 0 Å². The van der Waals surface area contributed by atoms with Gasteiger partial charge in [0.05, 0.1) is 11.8 Å². The van der Waals surface area contributed by atoms with E-state index < -0.39 is 0 Å². The summed E-state index contributed by atoms with van der Waals surface area (Å²) in [6.07, 6.45) is 15.8. The summed E-state index contributed by atoms with van der Waals surface area (Å²) >= 11 is 0. The van der Waals surface area contributed by atoms with Crippen molar-refractivity contribution in [2.24, 2.45) is 10.3 Å². The molecule has 0 bridgehead atoms. The molecule has 2 rings (SSSR count). The average Bonchev–Trinajstić information content (AvgIpc) is 2.59. The molecule has 0 saturated heterocycles. The SMILES string of the molecule is N#CC1=C\N=NNOOc2ccccc2\C=C/C=C\C=C/C=C/1. The summed E-state index contributed by atoms with van der Waals surface area (Å²) in [6.45, 7) is 0. The molecule has 0 spiro atoms. The Morgan fingerprint density at radius 2 is 1.70 bits per heavy atom. The normalized spacial score (nSPS) is 22.7. The van der Waals surface area contributed by atoms with Gasteiger partial charge in [0, 0.05) is 5.56 Å². The molecule has 0 amide bonds. The van der Waals surface area contributed by atoms with Gasteiger partial charge in [-0.25, -0.2) is 0 Å². The quantitative estimate of drug-likeness (QED) is 0.735. The molecule has 6 nitrogen and oxygen atoms in total. The molecule has 1 aromatic rings. The van der Waals surface area contributed by atoms with Crippen molar-refractivity contribution in [3.63, 3.8) is 0 Å². The lowest BCUT2D eigenvalue weighted by molar-refractivity contribution is -0.259. The molecule has 0 unspecified atom stereocenters. The Kier molecular flexibility index (Phi) is 6.59. The van der Waals surface area contributed by atoms with Crippen LogP contribution in [0.5, 0.6) is 5.75 Å². The van der Waals surface area contributed by atoms with Crippen LogP contribution in [0.4, 0.5) is 0 Å². The first-order chi connectivity index (χ1) is 11.4. The van der Waals surface area contributed by atoms with Gasteiger partial charge in [0.15, 0.2) is 5.75 Å². The Morgan fingerprint density at radius 1 is 0.957 bits per heavy atom. The van der Waals surface area contributed by atoms with Crippen LogP contribution in [0.15, 0.2) is 88.9 Å². The summed E-state index contributed by atoms with van der Waals surface area (Å²) < 4.78 is 0. The monoisotopic (exact) mass is 306 g/mol. The van der Waals surface area contributed by atoms with Crippen LogP contribution in [0.3, 0.4) is 0 Å². The van der Waals surface area contributed by atoms with Crippen LogP contribution in [0.2, 0.25) is 0 Å². The van der Waals surface area contributed by atoms with Crippen LogP contribution in [-0.4, -0.2) is 0 Å². The van der Waals surface area contributed by atoms with E-state index in [0.29, 0.717) is 11.3 Å². The number of fused-ring (bicyclic) bond motifs is 1. The van der Waals surface area contributed by atoms with Crippen LogP contribution in [-0.2, 0) is 4.99 Å². The van der Waals surface area contributed by atoms with Crippen molar-refractivity contribution in [2.75, 3.05) is 0 Å². The maximum Gasteiger partial charge on any atom is 0.175 e. The molecular weight excluding hydrogens is 292 g/mol. The molecule has 1 N–H and O–H groups in total. The largest absolute Gasteiger partial charge is 0.312 e. The fraction of sp³-hybridized carbons (Fsp3) is 0. The van der Waals surface area contributed by atoms with E-state index in [1.807, 2.05) is 60.7 Å². The molecule has 1 aliphatic rings. The predicted molar refractivity (Wildman–Crippen MR) is 86.3 cm³/mol. The number of nitrogens with zero attached hydrogens (tertiary/aromatic N) is 3. The Bertz CT molecular complexity index is 737. The predicted octanol–water partition coefficient (Wildman–Crippen LogP) is 3.97. The molecular formula is C17H14N4O2. The number of benzene rings is 1. The van der Waals surface area contributed by atoms with Crippen LogP contribution < -0.4 is 10.5 Å². The van der Waals surface area contributed by atoms with E-state index in [0.717, 1.165) is 5.56 Å². The number of para-hydroxylation sites is 1. The highest BCUT2D eigenvalue weighted by Gasteiger charge is 2.00. The van der Waals surface area contributed by atoms with Gasteiger partial charge < -0.3 is 4.89 Å². The zero-order valence-corrected chi connectivity index (χ0v) is 12.2. The number of nitrogens with one attached hydrogen (secondary N) is 1. The highest BCUT2D eigenvalue weighted by molar-refractivity contribution is 5.58. The van der Waals surface area contributed by atoms with Gasteiger partial charge in [-0.05, 0) is 22.4 Å². The van der Waals surface area contributed by atoms with Gasteiger partial charge in [0.25, 0.3) is 0 Å². The second-order valence-electron chi connectivity index (χ2n) is 4.20. The molecule has 0 aromatic heterocycles. The summed E-state index contributed by atoms with van der Waals surface area (Å²) in [5.74, 6) is 0.523. The van der Waals surface area contributed by atoms with Crippen LogP contribution >= 0.6 is 0 Å². The highest BCUT2D eigenvalue weighted by atomic mass is 17.3. The van der Waals surface area contributed by atoms with Crippen molar-refractivity contribution in [1.82, 2.24) is 5.59 Å². The van der Waals surface area contributed by atoms with E-state index in [-0.39, 0.29) is 0 Å². The Morgan fingerprint density at radius 3 is 2.52 bits per heavy atom. The van der Waals surface area contributed by atoms with E-state index in [9.17, 15) is 0 Å². The van der Waals surface area contributed by atoms with Crippen molar-refractivity contribution in [1.29, 1.82) is 5.26 Å². The molecule has 23 heavy (non-hydrogen) atoms. The second-order valence-corrected chi connectivity index (χ2v) is 4.20. The minimum Gasteiger partial charge on any atom is -0.312 e. The van der Waals surface area contributed by atoms with Crippen LogP contribution in [0, 0.1) is 11.3 Å². The zero-order chi connectivity index (χ0) is 16.2. The van der Waals surface area contributed by atoms with Gasteiger partial charge in [-0.1, -0.05) is 60.7 Å². The standard InChI is InChI=1S/C17H14N4O2/c18-13-15-9-5-3-1-2-4-6-10-16-11-7-8-12-17(16)22-23-21-20-19-14-15/h1-12,14H,(H,19,21)/b3-1-,4-2-,9-5+,10-6-,15-14+. The van der Waals surface area contributed by atoms with Gasteiger partial charge in [-0.15, -0.1) is 10.7 Å². The van der Waals surface area contributed by atoms with E-state index in [2.05, 4.69) is 15.9 Å². The lowest BCUT2D eigenvalue weighted by atomic mass is 10.2. The van der Waals surface area contributed by atoms with Gasteiger partial charge in [-0.3, -0.25) is 0 Å². The first-order valence-corrected chi connectivity index (χ1v) is 6.76. The molecule has 1 aliphatic heterocycles. The second kappa shape index (κ2) is 9.50. The molecule has 1 aromatic carbocycles. The fourth-order valence-electron chi connectivity index (χ4n) is 1.57. The first kappa shape index (κ1) is 15.9. The molecule has 6 heteroatoms. The Hall–Kier alpha value is -3.43. The maximum absolute atomic E-state index is 8.93. The fourth-order valence-corrected chi connectivity index (χ4v) is 1.57. The summed E-state index contributed by atoms with van der Waals surface area (Å²) in [4.78, 5) is 9.86. The third kappa shape index (κ3) is 5.83. The van der Waals surface area contributed by atoms with Gasteiger partial charge in [0.1, 0.15) is 6.07 Å². The van der Waals surface area contributed by atoms with Crippen molar-refractivity contribution in [3.8, 4) is 11.8 Å². The molecule has 1 heterocycles. The maximum atomic E-state index is 8.93. The molecule has 0 radical (unpaired) electrons. The molecule has 0 fully saturated rings. The number of hydrogen-bond acceptors (Lipinski definition) is 6. The molecule has 114 valence electrons. The molecule has 0 atom stereocenters. The van der Waals surface area contributed by atoms with Crippen molar-refractivity contribution < 1.29 is 9.88 Å². The number of rotatable bonds is 0. The summed E-state index contributed by atoms with van der Waals surface area (Å²) in [7, 11) is 0. The van der Waals surface area contributed by atoms with Crippen LogP contribution in [0.25, 0.3) is 6.08 Å². The third-order valence-corrected chi connectivity index (χ3v) is 2.62. The van der Waals surface area contributed by atoms with Crippen LogP contribution in [0.1, 0.15) is 5.56 Å². The lowest BCUT2D eigenvalue weighted by Crippen LogP contribution is -2.09. The Labute approximate surface area is 133 Å². The first-order valence-electron chi connectivity index (χ1n) is 6.76.